The molecule has 27 heavy (non-hydrogen) atoms. The third kappa shape index (κ3) is 4.56. The molecule has 0 radical (unpaired) electrons. The minimum atomic E-state index is 0.0228. The summed E-state index contributed by atoms with van der Waals surface area (Å²) in [5.74, 6) is 1.76. The van der Waals surface area contributed by atoms with Gasteiger partial charge >= 0.3 is 0 Å². The number of hydrogen-bond donors (Lipinski definition) is 0. The molecule has 0 aromatic carbocycles. The van der Waals surface area contributed by atoms with Gasteiger partial charge in [-0.25, -0.2) is 0 Å². The van der Waals surface area contributed by atoms with E-state index < -0.39 is 0 Å². The van der Waals surface area contributed by atoms with E-state index in [-0.39, 0.29) is 12.0 Å². The summed E-state index contributed by atoms with van der Waals surface area (Å²) in [7, 11) is 0. The molecule has 0 aliphatic carbocycles. The SMILES string of the molecule is O=C(c1ccoc1)N1CCC(OCCc2noc(C3CCOCC3)n2)CC1. The van der Waals surface area contributed by atoms with Gasteiger partial charge in [0.2, 0.25) is 5.89 Å². The lowest BCUT2D eigenvalue weighted by molar-refractivity contribution is 0.00946. The van der Waals surface area contributed by atoms with Crippen LogP contribution >= 0.6 is 0 Å². The Balaban J connectivity index is 1.17. The maximum atomic E-state index is 12.3. The zero-order valence-corrected chi connectivity index (χ0v) is 15.3. The van der Waals surface area contributed by atoms with Crippen LogP contribution in [0.5, 0.6) is 0 Å². The van der Waals surface area contributed by atoms with E-state index >= 15 is 0 Å². The van der Waals surface area contributed by atoms with E-state index in [2.05, 4.69) is 10.1 Å². The molecule has 2 fully saturated rings. The molecule has 0 bridgehead atoms. The lowest BCUT2D eigenvalue weighted by Crippen LogP contribution is -2.40. The summed E-state index contributed by atoms with van der Waals surface area (Å²) in [4.78, 5) is 18.6. The van der Waals surface area contributed by atoms with Crippen molar-refractivity contribution in [2.24, 2.45) is 0 Å². The van der Waals surface area contributed by atoms with Crippen molar-refractivity contribution in [1.29, 1.82) is 0 Å². The van der Waals surface area contributed by atoms with Crippen molar-refractivity contribution in [3.8, 4) is 0 Å². The van der Waals surface area contributed by atoms with Gasteiger partial charge in [0.15, 0.2) is 5.82 Å². The number of carbonyl (C=O) groups is 1. The monoisotopic (exact) mass is 375 g/mol. The fraction of sp³-hybridized carbons (Fsp3) is 0.632. The third-order valence-electron chi connectivity index (χ3n) is 5.23. The van der Waals surface area contributed by atoms with E-state index in [1.807, 2.05) is 4.90 Å². The van der Waals surface area contributed by atoms with Crippen LogP contribution in [-0.2, 0) is 15.9 Å². The average Bonchev–Trinajstić information content (AvgIpc) is 3.41. The van der Waals surface area contributed by atoms with Gasteiger partial charge < -0.3 is 23.3 Å². The molecule has 1 amide bonds. The summed E-state index contributed by atoms with van der Waals surface area (Å²) < 4.78 is 21.7. The predicted octanol–water partition coefficient (Wildman–Crippen LogP) is 2.42. The average molecular weight is 375 g/mol. The van der Waals surface area contributed by atoms with Gasteiger partial charge in [-0.05, 0) is 31.7 Å². The Labute approximate surface area is 157 Å². The second kappa shape index (κ2) is 8.67. The van der Waals surface area contributed by atoms with Crippen LogP contribution in [0.15, 0.2) is 27.5 Å². The van der Waals surface area contributed by atoms with Crippen molar-refractivity contribution in [3.63, 3.8) is 0 Å². The summed E-state index contributed by atoms with van der Waals surface area (Å²) in [6.45, 7) is 3.48. The molecule has 0 spiro atoms. The second-order valence-electron chi connectivity index (χ2n) is 7.06. The standard InChI is InChI=1S/C19H25N3O5/c23-19(15-5-11-25-13-15)22-7-1-16(2-8-22)26-12-6-17-20-18(27-21-17)14-3-9-24-10-4-14/h5,11,13-14,16H,1-4,6-10,12H2. The normalized spacial score (nSPS) is 19.5. The highest BCUT2D eigenvalue weighted by Gasteiger charge is 2.25. The quantitative estimate of drug-likeness (QED) is 0.766. The lowest BCUT2D eigenvalue weighted by Gasteiger charge is -2.31. The van der Waals surface area contributed by atoms with Gasteiger partial charge in [-0.2, -0.15) is 4.98 Å². The number of rotatable bonds is 6. The van der Waals surface area contributed by atoms with E-state index in [9.17, 15) is 4.79 Å². The smallest absolute Gasteiger partial charge is 0.257 e. The fourth-order valence-corrected chi connectivity index (χ4v) is 3.59. The number of aromatic nitrogens is 2. The van der Waals surface area contributed by atoms with E-state index in [4.69, 9.17) is 18.4 Å². The fourth-order valence-electron chi connectivity index (χ4n) is 3.59. The number of carbonyl (C=O) groups excluding carboxylic acids is 1. The first-order chi connectivity index (χ1) is 13.3. The molecule has 0 atom stereocenters. The molecule has 4 rings (SSSR count). The van der Waals surface area contributed by atoms with Crippen molar-refractivity contribution in [2.75, 3.05) is 32.9 Å². The Hall–Kier alpha value is -2.19. The van der Waals surface area contributed by atoms with Crippen LogP contribution in [0.25, 0.3) is 0 Å². The van der Waals surface area contributed by atoms with Gasteiger partial charge in [0.25, 0.3) is 5.91 Å². The summed E-state index contributed by atoms with van der Waals surface area (Å²) in [5, 5.41) is 4.07. The molecule has 8 nitrogen and oxygen atoms in total. The Morgan fingerprint density at radius 1 is 1.22 bits per heavy atom. The zero-order chi connectivity index (χ0) is 18.5. The summed E-state index contributed by atoms with van der Waals surface area (Å²) >= 11 is 0. The number of hydrogen-bond acceptors (Lipinski definition) is 7. The number of amides is 1. The van der Waals surface area contributed by atoms with Gasteiger partial charge in [-0.1, -0.05) is 5.16 Å². The van der Waals surface area contributed by atoms with E-state index in [1.165, 1.54) is 12.5 Å². The van der Waals surface area contributed by atoms with Gasteiger partial charge in [0.05, 0.1) is 24.5 Å². The highest BCUT2D eigenvalue weighted by molar-refractivity contribution is 5.93. The van der Waals surface area contributed by atoms with Crippen molar-refractivity contribution in [2.45, 2.75) is 44.1 Å². The number of nitrogens with zero attached hydrogens (tertiary/aromatic N) is 3. The first-order valence-corrected chi connectivity index (χ1v) is 9.63. The molecule has 8 heteroatoms. The Morgan fingerprint density at radius 2 is 2.04 bits per heavy atom. The molecule has 0 N–H and O–H groups in total. The van der Waals surface area contributed by atoms with E-state index in [0.717, 1.165) is 44.8 Å². The van der Waals surface area contributed by atoms with Crippen LogP contribution < -0.4 is 0 Å². The molecule has 2 saturated heterocycles. The number of furan rings is 1. The first-order valence-electron chi connectivity index (χ1n) is 9.63. The summed E-state index contributed by atoms with van der Waals surface area (Å²) in [6, 6.07) is 1.70. The number of ether oxygens (including phenoxy) is 2. The predicted molar refractivity (Wildman–Crippen MR) is 94.4 cm³/mol. The van der Waals surface area contributed by atoms with Crippen LogP contribution in [0.1, 0.15) is 53.7 Å². The highest BCUT2D eigenvalue weighted by Crippen LogP contribution is 2.25. The van der Waals surface area contributed by atoms with Crippen molar-refractivity contribution >= 4 is 5.91 Å². The van der Waals surface area contributed by atoms with Crippen LogP contribution in [0.2, 0.25) is 0 Å². The van der Waals surface area contributed by atoms with Gasteiger partial charge in [0, 0.05) is 38.6 Å². The molecular weight excluding hydrogens is 350 g/mol. The van der Waals surface area contributed by atoms with Crippen molar-refractivity contribution in [1.82, 2.24) is 15.0 Å². The van der Waals surface area contributed by atoms with E-state index in [0.29, 0.717) is 43.4 Å². The Morgan fingerprint density at radius 3 is 2.78 bits per heavy atom. The Kier molecular flexibility index (Phi) is 5.84. The molecule has 2 aromatic rings. The van der Waals surface area contributed by atoms with Crippen LogP contribution in [0.3, 0.4) is 0 Å². The maximum Gasteiger partial charge on any atom is 0.257 e. The Bertz CT molecular complexity index is 716. The molecular formula is C19H25N3O5. The topological polar surface area (TPSA) is 90.8 Å². The van der Waals surface area contributed by atoms with Crippen LogP contribution in [-0.4, -0.2) is 60.0 Å². The summed E-state index contributed by atoms with van der Waals surface area (Å²) in [5.41, 5.74) is 0.604. The van der Waals surface area contributed by atoms with Gasteiger partial charge in [0.1, 0.15) is 6.26 Å². The zero-order valence-electron chi connectivity index (χ0n) is 15.3. The minimum Gasteiger partial charge on any atom is -0.472 e. The minimum absolute atomic E-state index is 0.0228. The summed E-state index contributed by atoms with van der Waals surface area (Å²) in [6.07, 6.45) is 7.37. The second-order valence-corrected chi connectivity index (χ2v) is 7.06. The number of likely N-dealkylation sites (tertiary alicyclic amines) is 1. The van der Waals surface area contributed by atoms with Gasteiger partial charge in [-0.15, -0.1) is 0 Å². The first kappa shape index (κ1) is 18.2. The van der Waals surface area contributed by atoms with Crippen molar-refractivity contribution in [3.05, 3.63) is 35.9 Å². The molecule has 0 unspecified atom stereocenters. The highest BCUT2D eigenvalue weighted by atomic mass is 16.5. The molecule has 4 heterocycles. The molecule has 2 aliphatic rings. The molecule has 0 saturated carbocycles. The van der Waals surface area contributed by atoms with Gasteiger partial charge in [-0.3, -0.25) is 4.79 Å². The van der Waals surface area contributed by atoms with Crippen LogP contribution in [0, 0.1) is 0 Å². The maximum absolute atomic E-state index is 12.3. The molecule has 146 valence electrons. The number of piperidine rings is 1. The van der Waals surface area contributed by atoms with Crippen molar-refractivity contribution < 1.29 is 23.2 Å². The molecule has 2 aliphatic heterocycles. The largest absolute Gasteiger partial charge is 0.472 e. The molecule has 2 aromatic heterocycles. The third-order valence-corrected chi connectivity index (χ3v) is 5.23. The van der Waals surface area contributed by atoms with Crippen LogP contribution in [0.4, 0.5) is 0 Å². The van der Waals surface area contributed by atoms with E-state index in [1.54, 1.807) is 6.07 Å². The lowest BCUT2D eigenvalue weighted by atomic mass is 10.0.